The van der Waals surface area contributed by atoms with E-state index < -0.39 is 28.4 Å². The number of hydrogen-bond donors (Lipinski definition) is 1. The summed E-state index contributed by atoms with van der Waals surface area (Å²) in [6.07, 6.45) is 0.939. The van der Waals surface area contributed by atoms with Crippen molar-refractivity contribution in [3.8, 4) is 0 Å². The second-order valence-corrected chi connectivity index (χ2v) is 4.60. The number of hydrogen-bond acceptors (Lipinski definition) is 6. The number of nitrogens with zero attached hydrogens (tertiary/aromatic N) is 1. The van der Waals surface area contributed by atoms with Gasteiger partial charge in [-0.1, -0.05) is 17.7 Å². The molecule has 8 nitrogen and oxygen atoms in total. The molecule has 0 saturated carbocycles. The summed E-state index contributed by atoms with van der Waals surface area (Å²) in [5.41, 5.74) is 0.633. The van der Waals surface area contributed by atoms with E-state index in [-0.39, 0.29) is 11.3 Å². The first-order chi connectivity index (χ1) is 10.9. The van der Waals surface area contributed by atoms with Crippen LogP contribution in [0.1, 0.15) is 21.7 Å². The predicted octanol–water partition coefficient (Wildman–Crippen LogP) is 1.02. The van der Waals surface area contributed by atoms with Crippen LogP contribution in [0.25, 0.3) is 6.08 Å². The number of rotatable bonds is 5. The van der Waals surface area contributed by atoms with Crippen molar-refractivity contribution >= 4 is 23.8 Å². The maximum atomic E-state index is 12.0. The van der Waals surface area contributed by atoms with E-state index in [1.807, 2.05) is 6.92 Å². The molecule has 0 radical (unpaired) electrons. The number of amides is 1. The molecule has 2 rings (SSSR count). The summed E-state index contributed by atoms with van der Waals surface area (Å²) in [6.45, 7) is 1.85. The van der Waals surface area contributed by atoms with Gasteiger partial charge in [0, 0.05) is 11.6 Å². The van der Waals surface area contributed by atoms with Gasteiger partial charge in [-0.15, -0.1) is 0 Å². The number of nitrogens with one attached hydrogen (secondary N) is 1. The minimum Gasteiger partial charge on any atom is -0.543 e. The first-order valence-corrected chi connectivity index (χ1v) is 6.42. The van der Waals surface area contributed by atoms with Crippen LogP contribution in [0.3, 0.4) is 0 Å². The number of benzene rings is 1. The highest BCUT2D eigenvalue weighted by molar-refractivity contribution is 6.02. The molecule has 23 heavy (non-hydrogen) atoms. The minimum atomic E-state index is -1.65. The third kappa shape index (κ3) is 4.03. The SMILES string of the molecule is Cc1ccc(C(=O)NC(=Cc2ccc([N+](=O)[O-])o2)C(=O)[O-])cc1. The molecule has 0 atom stereocenters. The van der Waals surface area contributed by atoms with Gasteiger partial charge in [0.1, 0.15) is 10.7 Å². The molecule has 1 amide bonds. The number of carboxylic acids is 1. The zero-order valence-corrected chi connectivity index (χ0v) is 11.9. The van der Waals surface area contributed by atoms with Crippen molar-refractivity contribution in [3.05, 3.63) is 69.1 Å². The molecule has 8 heteroatoms. The van der Waals surface area contributed by atoms with Crippen molar-refractivity contribution in [1.29, 1.82) is 0 Å². The molecule has 0 aliphatic heterocycles. The maximum Gasteiger partial charge on any atom is 0.433 e. The Bertz CT molecular complexity index is 789. The Morgan fingerprint density at radius 1 is 1.17 bits per heavy atom. The monoisotopic (exact) mass is 315 g/mol. The van der Waals surface area contributed by atoms with Crippen LogP contribution in [-0.4, -0.2) is 16.8 Å². The lowest BCUT2D eigenvalue weighted by molar-refractivity contribution is -0.402. The van der Waals surface area contributed by atoms with E-state index in [9.17, 15) is 24.8 Å². The summed E-state index contributed by atoms with van der Waals surface area (Å²) >= 11 is 0. The van der Waals surface area contributed by atoms with Crippen molar-refractivity contribution in [2.24, 2.45) is 0 Å². The van der Waals surface area contributed by atoms with E-state index in [1.54, 1.807) is 12.1 Å². The third-order valence-electron chi connectivity index (χ3n) is 2.86. The normalized spacial score (nSPS) is 11.1. The fourth-order valence-electron chi connectivity index (χ4n) is 1.71. The van der Waals surface area contributed by atoms with Crippen LogP contribution < -0.4 is 10.4 Å². The summed E-state index contributed by atoms with van der Waals surface area (Å²) < 4.78 is 4.81. The molecule has 0 unspecified atom stereocenters. The quantitative estimate of drug-likeness (QED) is 0.498. The number of carbonyl (C=O) groups excluding carboxylic acids is 2. The van der Waals surface area contributed by atoms with Gasteiger partial charge in [-0.2, -0.15) is 0 Å². The molecule has 0 bridgehead atoms. The van der Waals surface area contributed by atoms with Crippen molar-refractivity contribution < 1.29 is 24.0 Å². The van der Waals surface area contributed by atoms with Gasteiger partial charge in [-0.05, 0) is 25.1 Å². The van der Waals surface area contributed by atoms with Gasteiger partial charge in [0.25, 0.3) is 5.91 Å². The Kier molecular flexibility index (Phi) is 4.55. The van der Waals surface area contributed by atoms with Crippen LogP contribution in [0.15, 0.2) is 46.5 Å². The number of aliphatic carboxylic acids is 1. The predicted molar refractivity (Wildman–Crippen MR) is 77.0 cm³/mol. The lowest BCUT2D eigenvalue weighted by Crippen LogP contribution is -2.35. The largest absolute Gasteiger partial charge is 0.543 e. The maximum absolute atomic E-state index is 12.0. The molecule has 2 aromatic rings. The van der Waals surface area contributed by atoms with Crippen molar-refractivity contribution in [2.45, 2.75) is 6.92 Å². The van der Waals surface area contributed by atoms with Gasteiger partial charge < -0.3 is 19.6 Å². The standard InChI is InChI=1S/C15H12N2O6/c1-9-2-4-10(5-3-9)14(18)16-12(15(19)20)8-11-6-7-13(23-11)17(21)22/h2-8H,1H3,(H,16,18)(H,19,20)/p-1. The summed E-state index contributed by atoms with van der Waals surface area (Å²) in [4.78, 5) is 32.8. The molecule has 1 N–H and O–H groups in total. The Morgan fingerprint density at radius 2 is 1.83 bits per heavy atom. The third-order valence-corrected chi connectivity index (χ3v) is 2.86. The summed E-state index contributed by atoms with van der Waals surface area (Å²) in [7, 11) is 0. The molecular weight excluding hydrogens is 304 g/mol. The molecule has 1 aromatic carbocycles. The van der Waals surface area contributed by atoms with Crippen LogP contribution in [0, 0.1) is 17.0 Å². The van der Waals surface area contributed by atoms with Crippen LogP contribution in [0.5, 0.6) is 0 Å². The second-order valence-electron chi connectivity index (χ2n) is 4.60. The number of furan rings is 1. The van der Waals surface area contributed by atoms with Crippen molar-refractivity contribution in [3.63, 3.8) is 0 Å². The number of carbonyl (C=O) groups is 2. The lowest BCUT2D eigenvalue weighted by Gasteiger charge is -2.10. The van der Waals surface area contributed by atoms with E-state index in [1.165, 1.54) is 18.2 Å². The van der Waals surface area contributed by atoms with Gasteiger partial charge in [0.2, 0.25) is 0 Å². The minimum absolute atomic E-state index is 0.0971. The number of aryl methyl sites for hydroxylation is 1. The number of nitro groups is 1. The molecule has 0 aliphatic rings. The van der Waals surface area contributed by atoms with Gasteiger partial charge >= 0.3 is 5.88 Å². The van der Waals surface area contributed by atoms with Crippen molar-refractivity contribution in [1.82, 2.24) is 5.32 Å². The highest BCUT2D eigenvalue weighted by Gasteiger charge is 2.13. The first-order valence-electron chi connectivity index (χ1n) is 6.42. The van der Waals surface area contributed by atoms with Gasteiger partial charge in [0.15, 0.2) is 0 Å². The number of carboxylic acid groups (broad SMARTS) is 1. The molecule has 0 spiro atoms. The van der Waals surface area contributed by atoms with E-state index in [0.717, 1.165) is 17.7 Å². The molecule has 1 heterocycles. The Morgan fingerprint density at radius 3 is 2.35 bits per heavy atom. The van der Waals surface area contributed by atoms with Gasteiger partial charge in [-0.3, -0.25) is 14.9 Å². The van der Waals surface area contributed by atoms with Gasteiger partial charge in [-0.25, -0.2) is 0 Å². The van der Waals surface area contributed by atoms with E-state index in [4.69, 9.17) is 4.42 Å². The topological polar surface area (TPSA) is 126 Å². The summed E-state index contributed by atoms with van der Waals surface area (Å²) in [6, 6.07) is 8.75. The molecule has 1 aromatic heterocycles. The first kappa shape index (κ1) is 16.0. The fraction of sp³-hybridized carbons (Fsp3) is 0.0667. The molecule has 118 valence electrons. The molecule has 0 fully saturated rings. The van der Waals surface area contributed by atoms with Gasteiger partial charge in [0.05, 0.1) is 17.7 Å². The van der Waals surface area contributed by atoms with Crippen LogP contribution in [0.2, 0.25) is 0 Å². The highest BCUT2D eigenvalue weighted by atomic mass is 16.6. The van der Waals surface area contributed by atoms with Crippen LogP contribution >= 0.6 is 0 Å². The fourth-order valence-corrected chi connectivity index (χ4v) is 1.71. The lowest BCUT2D eigenvalue weighted by atomic mass is 10.1. The summed E-state index contributed by atoms with van der Waals surface area (Å²) in [5, 5.41) is 23.8. The molecule has 0 saturated heterocycles. The zero-order chi connectivity index (χ0) is 17.0. The molecule has 0 aliphatic carbocycles. The van der Waals surface area contributed by atoms with Crippen LogP contribution in [0.4, 0.5) is 5.88 Å². The molecular formula is C15H11N2O6-. The van der Waals surface area contributed by atoms with E-state index in [0.29, 0.717) is 0 Å². The van der Waals surface area contributed by atoms with Crippen LogP contribution in [-0.2, 0) is 4.79 Å². The zero-order valence-electron chi connectivity index (χ0n) is 11.9. The van der Waals surface area contributed by atoms with E-state index in [2.05, 4.69) is 5.32 Å². The Labute approximate surface area is 130 Å². The second kappa shape index (κ2) is 6.56. The van der Waals surface area contributed by atoms with E-state index >= 15 is 0 Å². The summed E-state index contributed by atoms with van der Waals surface area (Å²) in [5.74, 6) is -2.94. The smallest absolute Gasteiger partial charge is 0.433 e. The Hall–Kier alpha value is -3.42. The average molecular weight is 315 g/mol. The average Bonchev–Trinajstić information content (AvgIpc) is 2.96. The Balaban J connectivity index is 2.22. The van der Waals surface area contributed by atoms with Crippen molar-refractivity contribution in [2.75, 3.05) is 0 Å². The highest BCUT2D eigenvalue weighted by Crippen LogP contribution is 2.17.